The second kappa shape index (κ2) is 13.7. The zero-order valence-electron chi connectivity index (χ0n) is 23.6. The van der Waals surface area contributed by atoms with Crippen LogP contribution in [0.15, 0.2) is 0 Å². The summed E-state index contributed by atoms with van der Waals surface area (Å²) in [4.78, 5) is 12.9. The summed E-state index contributed by atoms with van der Waals surface area (Å²) < 4.78 is 24.0. The molecule has 41 heavy (non-hydrogen) atoms. The summed E-state index contributed by atoms with van der Waals surface area (Å²) >= 11 is 0. The molecule has 0 spiro atoms. The first-order chi connectivity index (χ1) is 19.4. The van der Waals surface area contributed by atoms with Gasteiger partial charge in [-0.15, -0.1) is 0 Å². The minimum absolute atomic E-state index is 0.00565. The Balaban J connectivity index is 1.50. The Labute approximate surface area is 239 Å². The normalized spacial score (nSPS) is 44.7. The topological polar surface area (TPSA) is 255 Å². The van der Waals surface area contributed by atoms with Gasteiger partial charge in [0, 0.05) is 32.2 Å². The highest BCUT2D eigenvalue weighted by Crippen LogP contribution is 2.32. The van der Waals surface area contributed by atoms with Crippen molar-refractivity contribution in [3.05, 3.63) is 0 Å². The summed E-state index contributed by atoms with van der Waals surface area (Å²) in [6.07, 6.45) is -5.95. The maximum Gasteiger partial charge on any atom is 0.254 e. The summed E-state index contributed by atoms with van der Waals surface area (Å²) in [6, 6.07) is -2.95. The van der Waals surface area contributed by atoms with Gasteiger partial charge >= 0.3 is 0 Å². The van der Waals surface area contributed by atoms with Gasteiger partial charge in [-0.3, -0.25) is 4.79 Å². The van der Waals surface area contributed by atoms with Gasteiger partial charge in [-0.25, -0.2) is 0 Å². The lowest BCUT2D eigenvalue weighted by atomic mass is 9.82. The number of hydrogen-bond acceptors (Lipinski definition) is 15. The van der Waals surface area contributed by atoms with Gasteiger partial charge in [0.1, 0.15) is 30.0 Å². The molecule has 16 heteroatoms. The molecule has 0 aromatic heterocycles. The van der Waals surface area contributed by atoms with E-state index < -0.39 is 78.3 Å². The van der Waals surface area contributed by atoms with Gasteiger partial charge in [-0.2, -0.15) is 0 Å². The first-order valence-electron chi connectivity index (χ1n) is 14.3. The fourth-order valence-electron chi connectivity index (χ4n) is 5.94. The Morgan fingerprint density at radius 2 is 1.78 bits per heavy atom. The van der Waals surface area contributed by atoms with E-state index in [1.54, 1.807) is 7.05 Å². The number of carbonyl (C=O) groups excluding carboxylic acids is 1. The lowest BCUT2D eigenvalue weighted by Gasteiger charge is -2.49. The summed E-state index contributed by atoms with van der Waals surface area (Å²) in [5.41, 5.74) is 9.75. The van der Waals surface area contributed by atoms with Crippen molar-refractivity contribution in [2.24, 2.45) is 11.5 Å². The third-order valence-corrected chi connectivity index (χ3v) is 8.47. The molecule has 13 N–H and O–H groups in total. The minimum atomic E-state index is -1.61. The number of aliphatic hydroxyl groups excluding tert-OH is 3. The lowest BCUT2D eigenvalue weighted by Crippen LogP contribution is -2.72. The number of hydrogen-bond donors (Lipinski definition) is 11. The van der Waals surface area contributed by atoms with Crippen LogP contribution in [0.25, 0.3) is 0 Å². The molecular weight excluding hydrogens is 544 g/mol. The monoisotopic (exact) mass is 592 g/mol. The molecule has 1 saturated carbocycles. The molecule has 0 bridgehead atoms. The van der Waals surface area contributed by atoms with E-state index in [0.29, 0.717) is 25.9 Å². The Bertz CT molecular complexity index is 869. The molecule has 0 aromatic carbocycles. The van der Waals surface area contributed by atoms with Crippen LogP contribution in [0.5, 0.6) is 0 Å². The fraction of sp³-hybridized carbons (Fsp3) is 0.960. The van der Waals surface area contributed by atoms with Crippen LogP contribution in [0.3, 0.4) is 0 Å². The van der Waals surface area contributed by atoms with E-state index in [2.05, 4.69) is 21.3 Å². The Morgan fingerprint density at radius 3 is 2.41 bits per heavy atom. The first-order valence-corrected chi connectivity index (χ1v) is 14.3. The van der Waals surface area contributed by atoms with Gasteiger partial charge in [-0.1, -0.05) is 0 Å². The standard InChI is InChI=1S/C25H48N6O10/c1-24(36)11-38-22(17(34)20(24)28-2)41-19-15(31-23(35)25(37)9-30-10-25)7-14(27)18(16(19)33)40-21-13(26)4-3-12(39-21)8-29-5-6-32/h12-22,28-30,32-34,36-37H,3-11,26-27H2,1-2H3,(H,31,35)/t12-,13+,14-,15+,16-,17+,18+,19-,20+,21+,22+,24-/m0/s1. The smallest absolute Gasteiger partial charge is 0.254 e. The lowest BCUT2D eigenvalue weighted by molar-refractivity contribution is -0.308. The van der Waals surface area contributed by atoms with Gasteiger partial charge in [0.05, 0.1) is 37.4 Å². The third kappa shape index (κ3) is 7.35. The van der Waals surface area contributed by atoms with Crippen LogP contribution in [0, 0.1) is 0 Å². The van der Waals surface area contributed by atoms with Crippen LogP contribution in [0.2, 0.25) is 0 Å². The van der Waals surface area contributed by atoms with E-state index in [1.807, 2.05) is 0 Å². The van der Waals surface area contributed by atoms with Gasteiger partial charge in [0.2, 0.25) is 0 Å². The van der Waals surface area contributed by atoms with Crippen LogP contribution in [0.4, 0.5) is 0 Å². The van der Waals surface area contributed by atoms with Crippen LogP contribution in [-0.4, -0.2) is 156 Å². The molecule has 0 unspecified atom stereocenters. The molecule has 238 valence electrons. The first kappa shape index (κ1) is 32.8. The van der Waals surface area contributed by atoms with Gasteiger partial charge < -0.3 is 77.2 Å². The second-order valence-corrected chi connectivity index (χ2v) is 11.9. The van der Waals surface area contributed by atoms with Gasteiger partial charge in [0.15, 0.2) is 18.2 Å². The van der Waals surface area contributed by atoms with Crippen molar-refractivity contribution >= 4 is 5.91 Å². The molecule has 12 atom stereocenters. The predicted octanol–water partition coefficient (Wildman–Crippen LogP) is -5.86. The number of nitrogens with one attached hydrogen (secondary N) is 4. The molecule has 0 aromatic rings. The zero-order chi connectivity index (χ0) is 29.9. The number of nitrogens with two attached hydrogens (primary N) is 2. The van der Waals surface area contributed by atoms with E-state index in [9.17, 15) is 25.2 Å². The second-order valence-electron chi connectivity index (χ2n) is 11.9. The van der Waals surface area contributed by atoms with Crippen molar-refractivity contribution in [1.29, 1.82) is 0 Å². The van der Waals surface area contributed by atoms with Crippen molar-refractivity contribution in [3.63, 3.8) is 0 Å². The molecule has 3 heterocycles. The Kier molecular flexibility index (Phi) is 11.0. The maximum absolute atomic E-state index is 12.9. The Morgan fingerprint density at radius 1 is 1.07 bits per heavy atom. The third-order valence-electron chi connectivity index (χ3n) is 8.47. The zero-order valence-corrected chi connectivity index (χ0v) is 23.6. The van der Waals surface area contributed by atoms with Crippen LogP contribution >= 0.6 is 0 Å². The molecule has 3 saturated heterocycles. The summed E-state index contributed by atoms with van der Waals surface area (Å²) in [5.74, 6) is -0.648. The van der Waals surface area contributed by atoms with Crippen molar-refractivity contribution in [3.8, 4) is 0 Å². The highest BCUT2D eigenvalue weighted by atomic mass is 16.7. The van der Waals surface area contributed by atoms with Crippen molar-refractivity contribution in [1.82, 2.24) is 21.3 Å². The molecule has 16 nitrogen and oxygen atoms in total. The molecule has 3 aliphatic heterocycles. The number of β-amino-alcohol motifs (C(OH)–C–C–N with tert-alkyl or cyclic N) is 1. The van der Waals surface area contributed by atoms with E-state index in [4.69, 9.17) is 35.5 Å². The molecule has 4 fully saturated rings. The molecular formula is C25H48N6O10. The number of ether oxygens (including phenoxy) is 4. The van der Waals surface area contributed by atoms with Crippen LogP contribution < -0.4 is 32.7 Å². The van der Waals surface area contributed by atoms with E-state index in [0.717, 1.165) is 0 Å². The van der Waals surface area contributed by atoms with Gasteiger partial charge in [0.25, 0.3) is 5.91 Å². The number of carbonyl (C=O) groups is 1. The maximum atomic E-state index is 12.9. The summed E-state index contributed by atoms with van der Waals surface area (Å²) in [7, 11) is 1.58. The summed E-state index contributed by atoms with van der Waals surface area (Å²) in [6.45, 7) is 2.40. The van der Waals surface area contributed by atoms with Crippen molar-refractivity contribution < 1.29 is 49.3 Å². The number of rotatable bonds is 11. The van der Waals surface area contributed by atoms with Crippen molar-refractivity contribution in [2.45, 2.75) is 105 Å². The molecule has 1 aliphatic carbocycles. The van der Waals surface area contributed by atoms with Crippen LogP contribution in [0.1, 0.15) is 26.2 Å². The number of aliphatic hydroxyl groups is 5. The van der Waals surface area contributed by atoms with Crippen LogP contribution in [-0.2, 0) is 23.7 Å². The molecule has 4 rings (SSSR count). The molecule has 1 amide bonds. The molecule has 0 radical (unpaired) electrons. The SMILES string of the molecule is CN[C@@H]1[C@@H](O)[C@@H](O[C@@H]2[C@@H](O)[C@H](O[C@H]3O[C@H](CNCCO)CC[C@H]3N)[C@@H](N)C[C@H]2NC(=O)C2(O)CNC2)OC[C@]1(C)O. The average Bonchev–Trinajstić information content (AvgIpc) is 2.90. The number of amides is 1. The highest BCUT2D eigenvalue weighted by molar-refractivity contribution is 5.87. The number of likely N-dealkylation sites (N-methyl/N-ethyl adjacent to an activating group) is 1. The van der Waals surface area contributed by atoms with Gasteiger partial charge in [-0.05, 0) is 33.2 Å². The van der Waals surface area contributed by atoms with E-state index >= 15 is 0 Å². The highest BCUT2D eigenvalue weighted by Gasteiger charge is 2.53. The average molecular weight is 593 g/mol. The quantitative estimate of drug-likeness (QED) is 0.0999. The van der Waals surface area contributed by atoms with Crippen molar-refractivity contribution in [2.75, 3.05) is 46.4 Å². The molecule has 4 aliphatic rings. The summed E-state index contributed by atoms with van der Waals surface area (Å²) in [5, 5.41) is 64.3. The van der Waals surface area contributed by atoms with E-state index in [-0.39, 0.29) is 38.8 Å². The Hall–Kier alpha value is -1.09. The largest absolute Gasteiger partial charge is 0.395 e. The predicted molar refractivity (Wildman–Crippen MR) is 143 cm³/mol. The minimum Gasteiger partial charge on any atom is -0.395 e. The van der Waals surface area contributed by atoms with E-state index in [1.165, 1.54) is 6.92 Å². The fourth-order valence-corrected chi connectivity index (χ4v) is 5.94.